The number of aliphatic imine (C=N–C) groups is 1. The van der Waals surface area contributed by atoms with Crippen LogP contribution in [0.5, 0.6) is 11.5 Å². The second-order valence-corrected chi connectivity index (χ2v) is 10.7. The van der Waals surface area contributed by atoms with E-state index >= 15 is 0 Å². The van der Waals surface area contributed by atoms with E-state index in [1.54, 1.807) is 23.1 Å². The third-order valence-electron chi connectivity index (χ3n) is 6.07. The maximum Gasteiger partial charge on any atom is 0.308 e. The van der Waals surface area contributed by atoms with Crippen molar-refractivity contribution in [1.82, 2.24) is 0 Å². The molecule has 1 saturated heterocycles. The van der Waals surface area contributed by atoms with Crippen molar-refractivity contribution >= 4 is 62.2 Å². The van der Waals surface area contributed by atoms with E-state index in [4.69, 9.17) is 14.5 Å². The zero-order chi connectivity index (χ0) is 26.9. The van der Waals surface area contributed by atoms with Gasteiger partial charge in [0.1, 0.15) is 0 Å². The molecule has 4 rings (SSSR count). The van der Waals surface area contributed by atoms with Gasteiger partial charge in [0.2, 0.25) is 0 Å². The van der Waals surface area contributed by atoms with Gasteiger partial charge in [-0.25, -0.2) is 4.99 Å². The number of carbonyl (C=O) groups is 2. The summed E-state index contributed by atoms with van der Waals surface area (Å²) in [6.45, 7) is 9.50. The van der Waals surface area contributed by atoms with Crippen molar-refractivity contribution in [2.45, 2.75) is 34.6 Å². The standard InChI is InChI=1S/C29H27BrN2O4S/c1-16-7-9-22(11-18(16)3)31-29-32(23-10-8-17(2)19(4)12-23)28(34)26(37-29)15-21-13-24(30)27(36-20(5)33)25(14-21)35-6/h7-15H,1-6H3. The first-order valence-corrected chi connectivity index (χ1v) is 13.2. The normalized spacial score (nSPS) is 15.5. The molecular weight excluding hydrogens is 552 g/mol. The van der Waals surface area contributed by atoms with Crippen LogP contribution in [0.25, 0.3) is 6.08 Å². The molecule has 1 aliphatic heterocycles. The molecule has 1 heterocycles. The summed E-state index contributed by atoms with van der Waals surface area (Å²) in [4.78, 5) is 32.3. The van der Waals surface area contributed by atoms with Gasteiger partial charge in [0.25, 0.3) is 5.91 Å². The Morgan fingerprint density at radius 2 is 1.65 bits per heavy atom. The molecule has 0 unspecified atom stereocenters. The van der Waals surface area contributed by atoms with Gasteiger partial charge in [-0.2, -0.15) is 0 Å². The molecule has 3 aromatic carbocycles. The molecule has 190 valence electrons. The molecule has 0 spiro atoms. The topological polar surface area (TPSA) is 68.2 Å². The molecule has 0 atom stereocenters. The molecule has 8 heteroatoms. The fourth-order valence-corrected chi connectivity index (χ4v) is 5.31. The SMILES string of the molecule is COc1cc(C=C2SC(=Nc3ccc(C)c(C)c3)N(c3ccc(C)c(C)c3)C2=O)cc(Br)c1OC(C)=O. The Morgan fingerprint density at radius 3 is 2.27 bits per heavy atom. The number of hydrogen-bond acceptors (Lipinski definition) is 6. The van der Waals surface area contributed by atoms with Crippen molar-refractivity contribution in [3.05, 3.63) is 85.7 Å². The van der Waals surface area contributed by atoms with Crippen LogP contribution in [0.4, 0.5) is 11.4 Å². The number of rotatable bonds is 5. The van der Waals surface area contributed by atoms with Crippen LogP contribution in [0, 0.1) is 27.7 Å². The predicted octanol–water partition coefficient (Wildman–Crippen LogP) is 7.43. The van der Waals surface area contributed by atoms with E-state index in [-0.39, 0.29) is 11.7 Å². The van der Waals surface area contributed by atoms with Crippen molar-refractivity contribution in [1.29, 1.82) is 0 Å². The lowest BCUT2D eigenvalue weighted by Gasteiger charge is -2.17. The number of anilines is 1. The number of amides is 1. The van der Waals surface area contributed by atoms with Gasteiger partial charge in [0.15, 0.2) is 16.7 Å². The zero-order valence-electron chi connectivity index (χ0n) is 21.5. The van der Waals surface area contributed by atoms with E-state index in [0.717, 1.165) is 28.1 Å². The quantitative estimate of drug-likeness (QED) is 0.179. The summed E-state index contributed by atoms with van der Waals surface area (Å²) in [6, 6.07) is 15.5. The molecule has 1 amide bonds. The van der Waals surface area contributed by atoms with Crippen LogP contribution in [0.1, 0.15) is 34.7 Å². The van der Waals surface area contributed by atoms with E-state index in [0.29, 0.717) is 25.9 Å². The number of esters is 1. The number of benzene rings is 3. The Labute approximate surface area is 229 Å². The third kappa shape index (κ3) is 5.81. The minimum atomic E-state index is -0.456. The lowest BCUT2D eigenvalue weighted by molar-refractivity contribution is -0.132. The number of ether oxygens (including phenoxy) is 2. The van der Waals surface area contributed by atoms with Crippen LogP contribution in [0.2, 0.25) is 0 Å². The van der Waals surface area contributed by atoms with Crippen LogP contribution in [-0.2, 0) is 9.59 Å². The summed E-state index contributed by atoms with van der Waals surface area (Å²) in [7, 11) is 1.50. The monoisotopic (exact) mass is 578 g/mol. The van der Waals surface area contributed by atoms with Crippen molar-refractivity contribution in [2.75, 3.05) is 12.0 Å². The molecule has 1 aliphatic rings. The second-order valence-electron chi connectivity index (χ2n) is 8.81. The fourth-order valence-electron chi connectivity index (χ4n) is 3.76. The van der Waals surface area contributed by atoms with E-state index in [1.165, 1.54) is 31.4 Å². The van der Waals surface area contributed by atoms with Crippen molar-refractivity contribution in [3.63, 3.8) is 0 Å². The van der Waals surface area contributed by atoms with Crippen molar-refractivity contribution < 1.29 is 19.1 Å². The molecule has 0 aromatic heterocycles. The smallest absolute Gasteiger partial charge is 0.308 e. The first-order valence-electron chi connectivity index (χ1n) is 11.6. The molecule has 0 N–H and O–H groups in total. The van der Waals surface area contributed by atoms with E-state index < -0.39 is 5.97 Å². The number of methoxy groups -OCH3 is 1. The van der Waals surface area contributed by atoms with Gasteiger partial charge < -0.3 is 9.47 Å². The van der Waals surface area contributed by atoms with Crippen LogP contribution in [0.3, 0.4) is 0 Å². The number of hydrogen-bond donors (Lipinski definition) is 0. The highest BCUT2D eigenvalue weighted by molar-refractivity contribution is 9.10. The number of carbonyl (C=O) groups excluding carboxylic acids is 2. The second kappa shape index (κ2) is 10.9. The molecule has 3 aromatic rings. The number of halogens is 1. The number of amidine groups is 1. The summed E-state index contributed by atoms with van der Waals surface area (Å²) in [5.41, 5.74) is 6.81. The average molecular weight is 580 g/mol. The van der Waals surface area contributed by atoms with E-state index in [2.05, 4.69) is 22.9 Å². The Hall–Kier alpha value is -3.36. The van der Waals surface area contributed by atoms with Gasteiger partial charge >= 0.3 is 5.97 Å². The minimum absolute atomic E-state index is 0.171. The van der Waals surface area contributed by atoms with Crippen LogP contribution in [0.15, 0.2) is 62.9 Å². The average Bonchev–Trinajstić information content (AvgIpc) is 3.13. The van der Waals surface area contributed by atoms with Crippen LogP contribution in [-0.4, -0.2) is 24.2 Å². The molecule has 6 nitrogen and oxygen atoms in total. The Kier molecular flexibility index (Phi) is 7.90. The van der Waals surface area contributed by atoms with Gasteiger partial charge in [-0.05, 0) is 126 Å². The van der Waals surface area contributed by atoms with Crippen molar-refractivity contribution in [3.8, 4) is 11.5 Å². The van der Waals surface area contributed by atoms with Gasteiger partial charge in [-0.1, -0.05) is 12.1 Å². The molecule has 0 radical (unpaired) electrons. The fraction of sp³-hybridized carbons (Fsp3) is 0.207. The number of aryl methyl sites for hydroxylation is 4. The Morgan fingerprint density at radius 1 is 0.973 bits per heavy atom. The highest BCUT2D eigenvalue weighted by atomic mass is 79.9. The van der Waals surface area contributed by atoms with Crippen LogP contribution >= 0.6 is 27.7 Å². The molecule has 1 fully saturated rings. The number of thioether (sulfide) groups is 1. The summed E-state index contributed by atoms with van der Waals surface area (Å²) in [5.74, 6) is 0.0380. The van der Waals surface area contributed by atoms with E-state index in [9.17, 15) is 9.59 Å². The predicted molar refractivity (Wildman–Crippen MR) is 154 cm³/mol. The molecule has 37 heavy (non-hydrogen) atoms. The summed E-state index contributed by atoms with van der Waals surface area (Å²) in [6.07, 6.45) is 1.79. The summed E-state index contributed by atoms with van der Waals surface area (Å²) in [5, 5.41) is 0.574. The minimum Gasteiger partial charge on any atom is -0.493 e. The summed E-state index contributed by atoms with van der Waals surface area (Å²) >= 11 is 4.76. The highest BCUT2D eigenvalue weighted by Crippen LogP contribution is 2.41. The molecule has 0 aliphatic carbocycles. The maximum atomic E-state index is 13.7. The van der Waals surface area contributed by atoms with Crippen LogP contribution < -0.4 is 14.4 Å². The first kappa shape index (κ1) is 26.7. The highest BCUT2D eigenvalue weighted by Gasteiger charge is 2.35. The van der Waals surface area contributed by atoms with Gasteiger partial charge in [-0.3, -0.25) is 14.5 Å². The van der Waals surface area contributed by atoms with Gasteiger partial charge in [0, 0.05) is 6.92 Å². The molecule has 0 saturated carbocycles. The molecular formula is C29H27BrN2O4S. The Balaban J connectivity index is 1.80. The van der Waals surface area contributed by atoms with Gasteiger partial charge in [0.05, 0.1) is 27.9 Å². The van der Waals surface area contributed by atoms with E-state index in [1.807, 2.05) is 57.2 Å². The molecule has 0 bridgehead atoms. The number of nitrogens with zero attached hydrogens (tertiary/aromatic N) is 2. The zero-order valence-corrected chi connectivity index (χ0v) is 23.9. The largest absolute Gasteiger partial charge is 0.493 e. The summed E-state index contributed by atoms with van der Waals surface area (Å²) < 4.78 is 11.3. The van der Waals surface area contributed by atoms with Gasteiger partial charge in [-0.15, -0.1) is 0 Å². The lowest BCUT2D eigenvalue weighted by Crippen LogP contribution is -2.28. The Bertz CT molecular complexity index is 1480. The lowest BCUT2D eigenvalue weighted by atomic mass is 10.1. The maximum absolute atomic E-state index is 13.7. The van der Waals surface area contributed by atoms with Crippen molar-refractivity contribution in [2.24, 2.45) is 4.99 Å². The first-order chi connectivity index (χ1) is 17.6. The third-order valence-corrected chi connectivity index (χ3v) is 7.62.